The number of hydrogen-bond donors (Lipinski definition) is 2. The second-order valence-corrected chi connectivity index (χ2v) is 7.28. The van der Waals surface area contributed by atoms with E-state index >= 15 is 0 Å². The van der Waals surface area contributed by atoms with Crippen LogP contribution in [0.4, 0.5) is 0 Å². The molecular weight excluding hydrogens is 314 g/mol. The maximum atomic E-state index is 12.7. The van der Waals surface area contributed by atoms with Crippen molar-refractivity contribution in [2.45, 2.75) is 38.1 Å². The number of hydrogen-bond acceptors (Lipinski definition) is 4. The van der Waals surface area contributed by atoms with Crippen LogP contribution in [-0.4, -0.2) is 44.1 Å². The molecule has 25 heavy (non-hydrogen) atoms. The monoisotopic (exact) mass is 345 g/mol. The molecule has 0 radical (unpaired) electrons. The molecule has 1 unspecified atom stereocenters. The lowest BCUT2D eigenvalue weighted by Gasteiger charge is -2.30. The predicted molar refractivity (Wildman–Crippen MR) is 99.4 cm³/mol. The smallest absolute Gasteiger partial charge is 0.223 e. The molecule has 3 rings (SSSR count). The van der Waals surface area contributed by atoms with Crippen molar-refractivity contribution < 1.29 is 9.53 Å². The van der Waals surface area contributed by atoms with Crippen LogP contribution in [0.15, 0.2) is 24.3 Å². The Kier molecular flexibility index (Phi) is 6.32. The molecule has 1 aromatic rings. The lowest BCUT2D eigenvalue weighted by Crippen LogP contribution is -2.41. The summed E-state index contributed by atoms with van der Waals surface area (Å²) in [4.78, 5) is 15.2. The minimum Gasteiger partial charge on any atom is -0.496 e. The summed E-state index contributed by atoms with van der Waals surface area (Å²) >= 11 is 0. The van der Waals surface area contributed by atoms with E-state index < -0.39 is 0 Å². The fourth-order valence-electron chi connectivity index (χ4n) is 4.42. The highest BCUT2D eigenvalue weighted by molar-refractivity contribution is 5.79. The molecule has 0 spiro atoms. The van der Waals surface area contributed by atoms with Crippen LogP contribution in [0.25, 0.3) is 0 Å². The van der Waals surface area contributed by atoms with E-state index in [-0.39, 0.29) is 17.9 Å². The third-order valence-electron chi connectivity index (χ3n) is 5.85. The Hall–Kier alpha value is -1.59. The van der Waals surface area contributed by atoms with Crippen molar-refractivity contribution in [3.63, 3.8) is 0 Å². The highest BCUT2D eigenvalue weighted by atomic mass is 16.5. The van der Waals surface area contributed by atoms with E-state index in [4.69, 9.17) is 10.5 Å². The molecule has 1 amide bonds. The normalized spacial score (nSPS) is 25.0. The van der Waals surface area contributed by atoms with Gasteiger partial charge in [-0.3, -0.25) is 9.69 Å². The Labute approximate surface area is 150 Å². The van der Waals surface area contributed by atoms with Crippen LogP contribution >= 0.6 is 0 Å². The predicted octanol–water partition coefficient (Wildman–Crippen LogP) is 2.32. The number of methoxy groups -OCH3 is 1. The third kappa shape index (κ3) is 4.15. The Morgan fingerprint density at radius 3 is 2.76 bits per heavy atom. The molecule has 5 nitrogen and oxygen atoms in total. The maximum absolute atomic E-state index is 12.7. The van der Waals surface area contributed by atoms with Gasteiger partial charge in [0.15, 0.2) is 0 Å². The molecule has 2 fully saturated rings. The van der Waals surface area contributed by atoms with E-state index in [2.05, 4.69) is 16.3 Å². The number of nitrogens with zero attached hydrogens (tertiary/aromatic N) is 1. The fourth-order valence-corrected chi connectivity index (χ4v) is 4.42. The topological polar surface area (TPSA) is 67.6 Å². The van der Waals surface area contributed by atoms with E-state index in [0.29, 0.717) is 19.0 Å². The fraction of sp³-hybridized carbons (Fsp3) is 0.650. The van der Waals surface area contributed by atoms with E-state index in [1.54, 1.807) is 7.11 Å². The molecule has 0 bridgehead atoms. The van der Waals surface area contributed by atoms with E-state index in [0.717, 1.165) is 43.7 Å². The van der Waals surface area contributed by atoms with E-state index in [1.807, 2.05) is 18.2 Å². The van der Waals surface area contributed by atoms with Gasteiger partial charge in [0.1, 0.15) is 5.75 Å². The van der Waals surface area contributed by atoms with Gasteiger partial charge < -0.3 is 15.8 Å². The van der Waals surface area contributed by atoms with Crippen molar-refractivity contribution in [1.82, 2.24) is 10.2 Å². The van der Waals surface area contributed by atoms with Gasteiger partial charge in [0.05, 0.1) is 13.2 Å². The molecular formula is C20H31N3O2. The average molecular weight is 345 g/mol. The summed E-state index contributed by atoms with van der Waals surface area (Å²) in [5.41, 5.74) is 7.00. The number of benzene rings is 1. The first-order chi connectivity index (χ1) is 12.2. The SMILES string of the molecule is COc1ccccc1C(CNC(=O)[C@@H]1CCC[C@@H]1CN)N1CCCC1. The van der Waals surface area contributed by atoms with Crippen molar-refractivity contribution in [3.05, 3.63) is 29.8 Å². The minimum atomic E-state index is 0.0851. The van der Waals surface area contributed by atoms with Gasteiger partial charge in [-0.2, -0.15) is 0 Å². The van der Waals surface area contributed by atoms with Crippen LogP contribution in [0.5, 0.6) is 5.75 Å². The Morgan fingerprint density at radius 1 is 1.28 bits per heavy atom. The van der Waals surface area contributed by atoms with Gasteiger partial charge in [-0.15, -0.1) is 0 Å². The molecule has 1 aromatic carbocycles. The number of ether oxygens (including phenoxy) is 1. The first-order valence-corrected chi connectivity index (χ1v) is 9.59. The molecule has 138 valence electrons. The van der Waals surface area contributed by atoms with Crippen molar-refractivity contribution in [1.29, 1.82) is 0 Å². The van der Waals surface area contributed by atoms with Crippen LogP contribution in [0, 0.1) is 11.8 Å². The zero-order valence-electron chi connectivity index (χ0n) is 15.2. The number of para-hydroxylation sites is 1. The Balaban J connectivity index is 1.71. The number of rotatable bonds is 7. The molecule has 5 heteroatoms. The van der Waals surface area contributed by atoms with E-state index in [9.17, 15) is 4.79 Å². The summed E-state index contributed by atoms with van der Waals surface area (Å²) < 4.78 is 5.57. The van der Waals surface area contributed by atoms with Crippen LogP contribution in [0.1, 0.15) is 43.7 Å². The Morgan fingerprint density at radius 2 is 2.04 bits per heavy atom. The largest absolute Gasteiger partial charge is 0.496 e. The maximum Gasteiger partial charge on any atom is 0.223 e. The summed E-state index contributed by atoms with van der Waals surface area (Å²) in [6.45, 7) is 3.40. The molecule has 1 aliphatic carbocycles. The zero-order chi connectivity index (χ0) is 17.6. The van der Waals surface area contributed by atoms with Gasteiger partial charge in [0.2, 0.25) is 5.91 Å². The number of likely N-dealkylation sites (tertiary alicyclic amines) is 1. The van der Waals surface area contributed by atoms with Crippen molar-refractivity contribution in [3.8, 4) is 5.75 Å². The second kappa shape index (κ2) is 8.68. The molecule has 3 N–H and O–H groups in total. The molecule has 2 aliphatic rings. The molecule has 1 saturated carbocycles. The van der Waals surface area contributed by atoms with Crippen molar-refractivity contribution >= 4 is 5.91 Å². The van der Waals surface area contributed by atoms with Crippen LogP contribution in [0.2, 0.25) is 0 Å². The number of amides is 1. The molecule has 1 saturated heterocycles. The number of nitrogens with two attached hydrogens (primary N) is 1. The summed E-state index contributed by atoms with van der Waals surface area (Å²) in [5, 5.41) is 3.22. The second-order valence-electron chi connectivity index (χ2n) is 7.28. The van der Waals surface area contributed by atoms with Crippen LogP contribution < -0.4 is 15.8 Å². The van der Waals surface area contributed by atoms with Gasteiger partial charge in [0, 0.05) is 18.0 Å². The number of carbonyl (C=O) groups excluding carboxylic acids is 1. The van der Waals surface area contributed by atoms with Crippen LogP contribution in [-0.2, 0) is 4.79 Å². The lowest BCUT2D eigenvalue weighted by atomic mass is 9.95. The molecule has 0 aromatic heterocycles. The first-order valence-electron chi connectivity index (χ1n) is 9.59. The number of nitrogens with one attached hydrogen (secondary N) is 1. The lowest BCUT2D eigenvalue weighted by molar-refractivity contribution is -0.126. The average Bonchev–Trinajstić information content (AvgIpc) is 3.33. The minimum absolute atomic E-state index is 0.0851. The van der Waals surface area contributed by atoms with Crippen LogP contribution in [0.3, 0.4) is 0 Å². The Bertz CT molecular complexity index is 572. The van der Waals surface area contributed by atoms with Crippen molar-refractivity contribution in [2.75, 3.05) is 33.3 Å². The van der Waals surface area contributed by atoms with Gasteiger partial charge in [-0.1, -0.05) is 24.6 Å². The highest BCUT2D eigenvalue weighted by Crippen LogP contribution is 2.33. The first kappa shape index (κ1) is 18.2. The van der Waals surface area contributed by atoms with Gasteiger partial charge in [-0.25, -0.2) is 0 Å². The number of carbonyl (C=O) groups is 1. The summed E-state index contributed by atoms with van der Waals surface area (Å²) in [6, 6.07) is 8.32. The molecule has 1 heterocycles. The summed E-state index contributed by atoms with van der Waals surface area (Å²) in [5.74, 6) is 1.50. The van der Waals surface area contributed by atoms with Gasteiger partial charge in [-0.05, 0) is 57.3 Å². The van der Waals surface area contributed by atoms with Gasteiger partial charge >= 0.3 is 0 Å². The van der Waals surface area contributed by atoms with E-state index in [1.165, 1.54) is 12.8 Å². The molecule has 1 aliphatic heterocycles. The summed E-state index contributed by atoms with van der Waals surface area (Å²) in [6.07, 6.45) is 5.60. The van der Waals surface area contributed by atoms with Crippen molar-refractivity contribution in [2.24, 2.45) is 17.6 Å². The third-order valence-corrected chi connectivity index (χ3v) is 5.85. The summed E-state index contributed by atoms with van der Waals surface area (Å²) in [7, 11) is 1.71. The van der Waals surface area contributed by atoms with Gasteiger partial charge in [0.25, 0.3) is 0 Å². The highest BCUT2D eigenvalue weighted by Gasteiger charge is 2.33. The standard InChI is InChI=1S/C20H31N3O2/c1-25-19-10-3-2-8-17(19)18(23-11-4-5-12-23)14-22-20(24)16-9-6-7-15(16)13-21/h2-3,8,10,15-16,18H,4-7,9,11-14,21H2,1H3,(H,22,24)/t15-,16-,18?/m1/s1. The zero-order valence-corrected chi connectivity index (χ0v) is 15.2. The molecule has 3 atom stereocenters. The quantitative estimate of drug-likeness (QED) is 0.796.